The summed E-state index contributed by atoms with van der Waals surface area (Å²) in [6, 6.07) is 8.65. The molecule has 1 heterocycles. The quantitative estimate of drug-likeness (QED) is 0.810. The van der Waals surface area contributed by atoms with E-state index < -0.39 is 0 Å². The highest BCUT2D eigenvalue weighted by atomic mass is 79.9. The van der Waals surface area contributed by atoms with E-state index in [9.17, 15) is 0 Å². The lowest BCUT2D eigenvalue weighted by molar-refractivity contribution is 0.590. The molecule has 0 saturated carbocycles. The molecule has 0 aliphatic heterocycles. The molecule has 0 aliphatic rings. The van der Waals surface area contributed by atoms with Crippen LogP contribution < -0.4 is 5.73 Å². The van der Waals surface area contributed by atoms with Crippen LogP contribution in [-0.2, 0) is 5.41 Å². The van der Waals surface area contributed by atoms with Crippen LogP contribution in [0.4, 0.5) is 5.69 Å². The summed E-state index contributed by atoms with van der Waals surface area (Å²) in [5.74, 6) is 0. The van der Waals surface area contributed by atoms with Gasteiger partial charge in [0.2, 0.25) is 0 Å². The van der Waals surface area contributed by atoms with E-state index in [-0.39, 0.29) is 5.41 Å². The van der Waals surface area contributed by atoms with Crippen molar-refractivity contribution in [2.45, 2.75) is 43.0 Å². The maximum absolute atomic E-state index is 5.85. The number of hydrogen-bond donors (Lipinski definition) is 1. The number of nitrogen functional groups attached to an aromatic ring is 1. The Balaban J connectivity index is 2.25. The van der Waals surface area contributed by atoms with Gasteiger partial charge in [-0.25, -0.2) is 4.98 Å². The van der Waals surface area contributed by atoms with Gasteiger partial charge in [0.1, 0.15) is 5.03 Å². The molecule has 0 aliphatic carbocycles. The first kappa shape index (κ1) is 15.4. The van der Waals surface area contributed by atoms with E-state index in [2.05, 4.69) is 66.0 Å². The van der Waals surface area contributed by atoms with Crippen LogP contribution in [0.3, 0.4) is 0 Å². The third-order valence-corrected chi connectivity index (χ3v) is 5.45. The summed E-state index contributed by atoms with van der Waals surface area (Å²) in [6.07, 6.45) is 1.71. The van der Waals surface area contributed by atoms with Crippen LogP contribution in [0.2, 0.25) is 0 Å². The highest BCUT2D eigenvalue weighted by molar-refractivity contribution is 9.10. The molecule has 0 fully saturated rings. The normalized spacial score (nSPS) is 11.7. The molecule has 2 rings (SSSR count). The van der Waals surface area contributed by atoms with Gasteiger partial charge >= 0.3 is 0 Å². The molecule has 0 spiro atoms. The Kier molecular flexibility index (Phi) is 4.45. The number of nitrogens with zero attached hydrogens (tertiary/aromatic N) is 1. The number of aromatic nitrogens is 1. The number of benzene rings is 1. The molecule has 106 valence electrons. The van der Waals surface area contributed by atoms with E-state index >= 15 is 0 Å². The van der Waals surface area contributed by atoms with Crippen LogP contribution in [0.25, 0.3) is 0 Å². The fourth-order valence-corrected chi connectivity index (χ4v) is 3.19. The standard InChI is InChI=1S/C16H19BrN2S/c1-10-13(18)9-19-15(14(10)17)20-12-7-5-11(6-8-12)16(2,3)4/h5-9H,18H2,1-4H3. The molecular weight excluding hydrogens is 332 g/mol. The van der Waals surface area contributed by atoms with E-state index in [1.54, 1.807) is 18.0 Å². The second-order valence-corrected chi connectivity index (χ2v) is 7.69. The number of hydrogen-bond acceptors (Lipinski definition) is 3. The third-order valence-electron chi connectivity index (χ3n) is 3.21. The first-order chi connectivity index (χ1) is 9.29. The van der Waals surface area contributed by atoms with Crippen LogP contribution in [0.5, 0.6) is 0 Å². The van der Waals surface area contributed by atoms with Crippen molar-refractivity contribution in [3.8, 4) is 0 Å². The largest absolute Gasteiger partial charge is 0.397 e. The predicted molar refractivity (Wildman–Crippen MR) is 90.4 cm³/mol. The Hall–Kier alpha value is -1.00. The van der Waals surface area contributed by atoms with Gasteiger partial charge in [-0.1, -0.05) is 44.7 Å². The van der Waals surface area contributed by atoms with Crippen molar-refractivity contribution in [1.82, 2.24) is 4.98 Å². The smallest absolute Gasteiger partial charge is 0.115 e. The van der Waals surface area contributed by atoms with Crippen LogP contribution in [-0.4, -0.2) is 4.98 Å². The average molecular weight is 351 g/mol. The van der Waals surface area contributed by atoms with Crippen LogP contribution in [0.15, 0.2) is 44.9 Å². The van der Waals surface area contributed by atoms with Gasteiger partial charge in [0.25, 0.3) is 0 Å². The van der Waals surface area contributed by atoms with Gasteiger partial charge in [-0.05, 0) is 51.5 Å². The van der Waals surface area contributed by atoms with Crippen molar-refractivity contribution in [2.75, 3.05) is 5.73 Å². The zero-order valence-electron chi connectivity index (χ0n) is 12.2. The molecule has 0 amide bonds. The van der Waals surface area contributed by atoms with Gasteiger partial charge < -0.3 is 5.73 Å². The van der Waals surface area contributed by atoms with Crippen molar-refractivity contribution in [2.24, 2.45) is 0 Å². The molecule has 4 heteroatoms. The van der Waals surface area contributed by atoms with Crippen LogP contribution in [0, 0.1) is 6.92 Å². The molecule has 0 bridgehead atoms. The number of anilines is 1. The van der Waals surface area contributed by atoms with Crippen LogP contribution in [0.1, 0.15) is 31.9 Å². The molecule has 0 radical (unpaired) electrons. The Bertz CT molecular complexity index is 616. The molecule has 0 saturated heterocycles. The second kappa shape index (κ2) is 5.78. The van der Waals surface area contributed by atoms with Crippen molar-refractivity contribution >= 4 is 33.4 Å². The third kappa shape index (κ3) is 3.36. The molecule has 1 aromatic heterocycles. The molecule has 20 heavy (non-hydrogen) atoms. The maximum atomic E-state index is 5.85. The number of pyridine rings is 1. The van der Waals surface area contributed by atoms with Gasteiger partial charge in [-0.2, -0.15) is 0 Å². The van der Waals surface area contributed by atoms with Gasteiger partial charge in [0, 0.05) is 4.90 Å². The van der Waals surface area contributed by atoms with Crippen molar-refractivity contribution in [1.29, 1.82) is 0 Å². The summed E-state index contributed by atoms with van der Waals surface area (Å²) in [6.45, 7) is 8.65. The minimum Gasteiger partial charge on any atom is -0.397 e. The van der Waals surface area contributed by atoms with E-state index in [4.69, 9.17) is 5.73 Å². The second-order valence-electron chi connectivity index (χ2n) is 5.83. The van der Waals surface area contributed by atoms with E-state index in [0.29, 0.717) is 5.69 Å². The first-order valence-electron chi connectivity index (χ1n) is 6.48. The van der Waals surface area contributed by atoms with Crippen LogP contribution >= 0.6 is 27.7 Å². The minimum absolute atomic E-state index is 0.180. The van der Waals surface area contributed by atoms with E-state index in [0.717, 1.165) is 15.1 Å². The Morgan fingerprint density at radius 2 is 1.75 bits per heavy atom. The van der Waals surface area contributed by atoms with E-state index in [1.807, 2.05) is 6.92 Å². The minimum atomic E-state index is 0.180. The van der Waals surface area contributed by atoms with Gasteiger partial charge in [0.15, 0.2) is 0 Å². The highest BCUT2D eigenvalue weighted by Crippen LogP contribution is 2.36. The van der Waals surface area contributed by atoms with Gasteiger partial charge in [0.05, 0.1) is 16.4 Å². The van der Waals surface area contributed by atoms with E-state index in [1.165, 1.54) is 10.5 Å². The predicted octanol–water partition coefficient (Wildman–Crippen LogP) is 5.18. The summed E-state index contributed by atoms with van der Waals surface area (Å²) in [5, 5.41) is 0.945. The molecule has 2 aromatic rings. The zero-order chi connectivity index (χ0) is 14.9. The molecule has 2 nitrogen and oxygen atoms in total. The molecular formula is C16H19BrN2S. The molecule has 2 N–H and O–H groups in total. The van der Waals surface area contributed by atoms with Gasteiger partial charge in [-0.3, -0.25) is 0 Å². The Morgan fingerprint density at radius 1 is 1.15 bits per heavy atom. The van der Waals surface area contributed by atoms with Crippen molar-refractivity contribution in [3.63, 3.8) is 0 Å². The fraction of sp³-hybridized carbons (Fsp3) is 0.312. The summed E-state index contributed by atoms with van der Waals surface area (Å²) < 4.78 is 0.974. The van der Waals surface area contributed by atoms with Gasteiger partial charge in [-0.15, -0.1) is 0 Å². The highest BCUT2D eigenvalue weighted by Gasteiger charge is 2.14. The Labute approximate surface area is 133 Å². The lowest BCUT2D eigenvalue weighted by Crippen LogP contribution is -2.10. The maximum Gasteiger partial charge on any atom is 0.115 e. The topological polar surface area (TPSA) is 38.9 Å². The first-order valence-corrected chi connectivity index (χ1v) is 8.09. The summed E-state index contributed by atoms with van der Waals surface area (Å²) >= 11 is 5.21. The molecule has 1 aromatic carbocycles. The monoisotopic (exact) mass is 350 g/mol. The lowest BCUT2D eigenvalue weighted by atomic mass is 9.87. The number of nitrogens with two attached hydrogens (primary N) is 1. The summed E-state index contributed by atoms with van der Waals surface area (Å²) in [5.41, 5.74) is 9.11. The summed E-state index contributed by atoms with van der Waals surface area (Å²) in [7, 11) is 0. The average Bonchev–Trinajstić information content (AvgIpc) is 2.39. The number of rotatable bonds is 2. The molecule has 0 atom stereocenters. The molecule has 0 unspecified atom stereocenters. The van der Waals surface area contributed by atoms with Crippen molar-refractivity contribution in [3.05, 3.63) is 46.1 Å². The SMILES string of the molecule is Cc1c(N)cnc(Sc2ccc(C(C)(C)C)cc2)c1Br. The fourth-order valence-electron chi connectivity index (χ4n) is 1.77. The Morgan fingerprint density at radius 3 is 2.30 bits per heavy atom. The summed E-state index contributed by atoms with van der Waals surface area (Å²) in [4.78, 5) is 5.57. The lowest BCUT2D eigenvalue weighted by Gasteiger charge is -2.19. The number of halogens is 1. The zero-order valence-corrected chi connectivity index (χ0v) is 14.6. The van der Waals surface area contributed by atoms with Crippen molar-refractivity contribution < 1.29 is 0 Å².